The van der Waals surface area contributed by atoms with E-state index in [1.54, 1.807) is 11.3 Å². The summed E-state index contributed by atoms with van der Waals surface area (Å²) in [6, 6.07) is 0. The molecule has 116 valence electrons. The summed E-state index contributed by atoms with van der Waals surface area (Å²) in [7, 11) is 0. The van der Waals surface area contributed by atoms with Crippen molar-refractivity contribution < 1.29 is 5.11 Å². The molecule has 2 heterocycles. The average Bonchev–Trinajstić information content (AvgIpc) is 2.64. The molecule has 0 radical (unpaired) electrons. The van der Waals surface area contributed by atoms with Gasteiger partial charge in [0.1, 0.15) is 10.7 Å². The molecule has 0 fully saturated rings. The number of aromatic nitrogens is 2. The molecule has 2 aromatic heterocycles. The maximum Gasteiger partial charge on any atom is 0.259 e. The van der Waals surface area contributed by atoms with Crippen LogP contribution in [0.15, 0.2) is 4.79 Å². The van der Waals surface area contributed by atoms with E-state index in [0.29, 0.717) is 30.2 Å². The van der Waals surface area contributed by atoms with Gasteiger partial charge in [0.25, 0.3) is 5.56 Å². The van der Waals surface area contributed by atoms with Gasteiger partial charge in [0.2, 0.25) is 0 Å². The van der Waals surface area contributed by atoms with Crippen LogP contribution in [0.4, 0.5) is 0 Å². The number of rotatable bonds is 6. The van der Waals surface area contributed by atoms with E-state index in [1.807, 2.05) is 13.8 Å². The lowest BCUT2D eigenvalue weighted by Gasteiger charge is -2.13. The van der Waals surface area contributed by atoms with Gasteiger partial charge in [-0.05, 0) is 31.7 Å². The first kappa shape index (κ1) is 16.1. The summed E-state index contributed by atoms with van der Waals surface area (Å²) in [4.78, 5) is 21.3. The summed E-state index contributed by atoms with van der Waals surface area (Å²) in [6.45, 7) is 9.07. The van der Waals surface area contributed by atoms with Gasteiger partial charge in [0, 0.05) is 11.4 Å². The van der Waals surface area contributed by atoms with E-state index in [2.05, 4.69) is 29.1 Å². The lowest BCUT2D eigenvalue weighted by Crippen LogP contribution is -2.28. The fourth-order valence-corrected chi connectivity index (χ4v) is 3.42. The highest BCUT2D eigenvalue weighted by Crippen LogP contribution is 2.25. The minimum absolute atomic E-state index is 0.0821. The molecule has 6 heteroatoms. The predicted octanol–water partition coefficient (Wildman–Crippen LogP) is 2.10. The Kier molecular flexibility index (Phi) is 5.13. The van der Waals surface area contributed by atoms with Gasteiger partial charge in [-0.1, -0.05) is 13.8 Å². The quantitative estimate of drug-likeness (QED) is 0.763. The molecule has 0 aliphatic heterocycles. The number of fused-ring (bicyclic) bond motifs is 1. The van der Waals surface area contributed by atoms with E-state index in [-0.39, 0.29) is 11.7 Å². The largest absolute Gasteiger partial charge is 0.392 e. The molecule has 0 saturated carbocycles. The zero-order valence-corrected chi connectivity index (χ0v) is 13.8. The summed E-state index contributed by atoms with van der Waals surface area (Å²) in [5.41, 5.74) is 0.928. The number of H-pyrrole nitrogens is 1. The van der Waals surface area contributed by atoms with Crippen LogP contribution in [-0.2, 0) is 6.54 Å². The van der Waals surface area contributed by atoms with Crippen LogP contribution in [0.25, 0.3) is 10.2 Å². The molecule has 2 rings (SSSR count). The molecule has 5 nitrogen and oxygen atoms in total. The fraction of sp³-hybridized carbons (Fsp3) is 0.600. The van der Waals surface area contributed by atoms with E-state index in [4.69, 9.17) is 0 Å². The number of hydrogen-bond donors (Lipinski definition) is 3. The molecule has 0 aliphatic carbocycles. The SMILES string of the molecule is Cc1sc2nc(CNCC(O)CC(C)C)[nH]c(=O)c2c1C. The second-order valence-electron chi connectivity index (χ2n) is 5.89. The van der Waals surface area contributed by atoms with Gasteiger partial charge in [-0.3, -0.25) is 4.79 Å². The standard InChI is InChI=1S/C15H23N3O2S/c1-8(2)5-11(19)6-16-7-12-17-14(20)13-9(3)10(4)21-15(13)18-12/h8,11,16,19H,5-7H2,1-4H3,(H,17,18,20). The van der Waals surface area contributed by atoms with Crippen LogP contribution in [0.2, 0.25) is 0 Å². The van der Waals surface area contributed by atoms with Crippen molar-refractivity contribution in [3.05, 3.63) is 26.6 Å². The number of nitrogens with one attached hydrogen (secondary N) is 2. The lowest BCUT2D eigenvalue weighted by atomic mass is 10.1. The van der Waals surface area contributed by atoms with Crippen molar-refractivity contribution in [3.8, 4) is 0 Å². The maximum absolute atomic E-state index is 12.1. The number of aryl methyl sites for hydroxylation is 2. The van der Waals surface area contributed by atoms with E-state index in [9.17, 15) is 9.90 Å². The van der Waals surface area contributed by atoms with Gasteiger partial charge >= 0.3 is 0 Å². The maximum atomic E-state index is 12.1. The van der Waals surface area contributed by atoms with Crippen molar-refractivity contribution in [2.75, 3.05) is 6.54 Å². The molecule has 1 unspecified atom stereocenters. The normalized spacial score (nSPS) is 13.2. The Morgan fingerprint density at radius 3 is 2.76 bits per heavy atom. The Hall–Kier alpha value is -1.24. The van der Waals surface area contributed by atoms with Gasteiger partial charge in [0.15, 0.2) is 0 Å². The third kappa shape index (κ3) is 3.90. The van der Waals surface area contributed by atoms with Crippen molar-refractivity contribution in [3.63, 3.8) is 0 Å². The number of hydrogen-bond acceptors (Lipinski definition) is 5. The zero-order chi connectivity index (χ0) is 15.6. The molecule has 0 saturated heterocycles. The highest BCUT2D eigenvalue weighted by molar-refractivity contribution is 7.18. The Balaban J connectivity index is 2.05. The summed E-state index contributed by atoms with van der Waals surface area (Å²) < 4.78 is 0. The van der Waals surface area contributed by atoms with E-state index in [0.717, 1.165) is 21.7 Å². The Morgan fingerprint density at radius 1 is 1.38 bits per heavy atom. The minimum atomic E-state index is -0.369. The third-order valence-electron chi connectivity index (χ3n) is 3.50. The number of nitrogens with zero attached hydrogens (tertiary/aromatic N) is 1. The number of aliphatic hydroxyl groups excluding tert-OH is 1. The molecule has 2 aromatic rings. The first-order valence-corrected chi connectivity index (χ1v) is 8.07. The predicted molar refractivity (Wildman–Crippen MR) is 86.9 cm³/mol. The van der Waals surface area contributed by atoms with Crippen molar-refractivity contribution in [1.82, 2.24) is 15.3 Å². The monoisotopic (exact) mass is 309 g/mol. The molecule has 0 bridgehead atoms. The van der Waals surface area contributed by atoms with E-state index < -0.39 is 0 Å². The van der Waals surface area contributed by atoms with Crippen molar-refractivity contribution in [2.24, 2.45) is 5.92 Å². The average molecular weight is 309 g/mol. The summed E-state index contributed by atoms with van der Waals surface area (Å²) in [5, 5.41) is 13.6. The van der Waals surface area contributed by atoms with Gasteiger partial charge in [-0.2, -0.15) is 0 Å². The Bertz CT molecular complexity index is 675. The summed E-state index contributed by atoms with van der Waals surface area (Å²) in [6.07, 6.45) is 0.394. The summed E-state index contributed by atoms with van der Waals surface area (Å²) >= 11 is 1.55. The van der Waals surface area contributed by atoms with Crippen molar-refractivity contribution >= 4 is 21.6 Å². The van der Waals surface area contributed by atoms with Gasteiger partial charge in [0.05, 0.1) is 18.0 Å². The molecule has 0 spiro atoms. The first-order chi connectivity index (χ1) is 9.88. The minimum Gasteiger partial charge on any atom is -0.392 e. The molecule has 0 amide bonds. The van der Waals surface area contributed by atoms with Gasteiger partial charge in [-0.15, -0.1) is 11.3 Å². The molecule has 0 aromatic carbocycles. The fourth-order valence-electron chi connectivity index (χ4n) is 2.37. The van der Waals surface area contributed by atoms with E-state index in [1.165, 1.54) is 0 Å². The second-order valence-corrected chi connectivity index (χ2v) is 7.09. The van der Waals surface area contributed by atoms with Gasteiger partial charge in [-0.25, -0.2) is 4.98 Å². The lowest BCUT2D eigenvalue weighted by molar-refractivity contribution is 0.146. The molecule has 21 heavy (non-hydrogen) atoms. The van der Waals surface area contributed by atoms with Crippen LogP contribution in [0.3, 0.4) is 0 Å². The Morgan fingerprint density at radius 2 is 2.10 bits per heavy atom. The highest BCUT2D eigenvalue weighted by Gasteiger charge is 2.12. The summed E-state index contributed by atoms with van der Waals surface area (Å²) in [5.74, 6) is 1.08. The topological polar surface area (TPSA) is 78.0 Å². The zero-order valence-electron chi connectivity index (χ0n) is 13.0. The van der Waals surface area contributed by atoms with Gasteiger partial charge < -0.3 is 15.4 Å². The Labute approximate surface area is 128 Å². The number of aliphatic hydroxyl groups is 1. The molecular formula is C15H23N3O2S. The van der Waals surface area contributed by atoms with Crippen LogP contribution in [0.5, 0.6) is 0 Å². The van der Waals surface area contributed by atoms with Crippen LogP contribution >= 0.6 is 11.3 Å². The second kappa shape index (κ2) is 6.68. The smallest absolute Gasteiger partial charge is 0.259 e. The molecule has 3 N–H and O–H groups in total. The highest BCUT2D eigenvalue weighted by atomic mass is 32.1. The number of aromatic amines is 1. The number of thiophene rings is 1. The van der Waals surface area contributed by atoms with Crippen LogP contribution in [-0.4, -0.2) is 27.7 Å². The first-order valence-electron chi connectivity index (χ1n) is 7.26. The molecule has 1 atom stereocenters. The van der Waals surface area contributed by atoms with E-state index >= 15 is 0 Å². The molecule has 0 aliphatic rings. The van der Waals surface area contributed by atoms with Crippen molar-refractivity contribution in [1.29, 1.82) is 0 Å². The van der Waals surface area contributed by atoms with Crippen LogP contribution in [0, 0.1) is 19.8 Å². The third-order valence-corrected chi connectivity index (χ3v) is 4.61. The van der Waals surface area contributed by atoms with Crippen LogP contribution in [0.1, 0.15) is 36.5 Å². The van der Waals surface area contributed by atoms with Crippen LogP contribution < -0.4 is 10.9 Å². The van der Waals surface area contributed by atoms with Crippen molar-refractivity contribution in [2.45, 2.75) is 46.8 Å². The molecular weight excluding hydrogens is 286 g/mol.